The first kappa shape index (κ1) is 27.5. The minimum atomic E-state index is -1.64. The van der Waals surface area contributed by atoms with E-state index in [2.05, 4.69) is 25.9 Å². The van der Waals surface area contributed by atoms with Gasteiger partial charge in [-0.25, -0.2) is 9.78 Å². The van der Waals surface area contributed by atoms with Crippen molar-refractivity contribution in [1.29, 1.82) is 0 Å². The second-order valence-corrected chi connectivity index (χ2v) is 7.91. The van der Waals surface area contributed by atoms with Crippen molar-refractivity contribution in [3.05, 3.63) is 18.2 Å². The number of carboxylic acid groups (broad SMARTS) is 1. The van der Waals surface area contributed by atoms with Gasteiger partial charge in [0.15, 0.2) is 6.04 Å². The number of nitrogens with two attached hydrogens (primary N) is 2. The van der Waals surface area contributed by atoms with Crippen LogP contribution in [-0.4, -0.2) is 80.1 Å². The molecule has 0 bridgehead atoms. The van der Waals surface area contributed by atoms with Crippen molar-refractivity contribution in [2.45, 2.75) is 63.9 Å². The summed E-state index contributed by atoms with van der Waals surface area (Å²) in [6, 6.07) is -5.36. The van der Waals surface area contributed by atoms with Gasteiger partial charge in [-0.3, -0.25) is 19.2 Å². The van der Waals surface area contributed by atoms with E-state index in [-0.39, 0.29) is 12.3 Å². The van der Waals surface area contributed by atoms with E-state index in [0.29, 0.717) is 5.69 Å². The highest BCUT2D eigenvalue weighted by Crippen LogP contribution is 2.05. The van der Waals surface area contributed by atoms with Crippen LogP contribution in [0.3, 0.4) is 0 Å². The van der Waals surface area contributed by atoms with Gasteiger partial charge in [-0.2, -0.15) is 0 Å². The van der Waals surface area contributed by atoms with Crippen LogP contribution >= 0.6 is 0 Å². The van der Waals surface area contributed by atoms with E-state index < -0.39 is 66.3 Å². The SMILES string of the molecule is CC(C)[C@H](N)C(=O)N[C@@H](CC(N)=O)C(=O)N[C@@H](Cc1cnc[nH]1)C(=O)N[C@H](C(=O)O)[C@@H](C)O. The molecule has 1 aromatic heterocycles. The Kier molecular flexibility index (Phi) is 10.4. The van der Waals surface area contributed by atoms with Crippen LogP contribution in [0.1, 0.15) is 32.9 Å². The monoisotopic (exact) mass is 469 g/mol. The molecule has 0 saturated carbocycles. The van der Waals surface area contributed by atoms with E-state index in [1.165, 1.54) is 19.4 Å². The Morgan fingerprint density at radius 3 is 2.06 bits per heavy atom. The number of carbonyl (C=O) groups excluding carboxylic acids is 4. The van der Waals surface area contributed by atoms with Gasteiger partial charge < -0.3 is 42.6 Å². The lowest BCUT2D eigenvalue weighted by Gasteiger charge is -2.25. The molecule has 0 fully saturated rings. The summed E-state index contributed by atoms with van der Waals surface area (Å²) >= 11 is 0. The number of amides is 4. The number of aliphatic hydroxyl groups is 1. The molecule has 0 aromatic carbocycles. The maximum atomic E-state index is 12.9. The molecule has 10 N–H and O–H groups in total. The molecule has 5 atom stereocenters. The minimum absolute atomic E-state index is 0.132. The highest BCUT2D eigenvalue weighted by atomic mass is 16.4. The number of hydrogen-bond donors (Lipinski definition) is 8. The first-order valence-electron chi connectivity index (χ1n) is 10.2. The van der Waals surface area contributed by atoms with Crippen LogP contribution in [0.4, 0.5) is 0 Å². The third-order valence-electron chi connectivity index (χ3n) is 4.72. The lowest BCUT2D eigenvalue weighted by atomic mass is 10.0. The Morgan fingerprint density at radius 2 is 1.61 bits per heavy atom. The summed E-state index contributed by atoms with van der Waals surface area (Å²) in [4.78, 5) is 67.2. The fourth-order valence-electron chi connectivity index (χ4n) is 2.72. The number of carboxylic acids is 1. The predicted molar refractivity (Wildman–Crippen MR) is 114 cm³/mol. The van der Waals surface area contributed by atoms with Gasteiger partial charge in [0.1, 0.15) is 12.1 Å². The van der Waals surface area contributed by atoms with Gasteiger partial charge in [0.2, 0.25) is 23.6 Å². The zero-order valence-electron chi connectivity index (χ0n) is 18.6. The molecular formula is C19H31N7O7. The van der Waals surface area contributed by atoms with Crippen molar-refractivity contribution in [1.82, 2.24) is 25.9 Å². The number of H-pyrrole nitrogens is 1. The molecule has 0 aliphatic rings. The highest BCUT2D eigenvalue weighted by Gasteiger charge is 2.33. The summed E-state index contributed by atoms with van der Waals surface area (Å²) in [6.07, 6.45) is 0.610. The molecular weight excluding hydrogens is 438 g/mol. The molecule has 0 saturated heterocycles. The maximum Gasteiger partial charge on any atom is 0.328 e. The smallest absolute Gasteiger partial charge is 0.328 e. The van der Waals surface area contributed by atoms with Gasteiger partial charge >= 0.3 is 5.97 Å². The van der Waals surface area contributed by atoms with Gasteiger partial charge in [0, 0.05) is 18.3 Å². The third kappa shape index (κ3) is 8.86. The molecule has 0 radical (unpaired) electrons. The molecule has 14 heteroatoms. The van der Waals surface area contributed by atoms with Gasteiger partial charge in [-0.15, -0.1) is 0 Å². The van der Waals surface area contributed by atoms with Crippen LogP contribution in [0.5, 0.6) is 0 Å². The second-order valence-electron chi connectivity index (χ2n) is 7.91. The fourth-order valence-corrected chi connectivity index (χ4v) is 2.72. The number of nitrogens with one attached hydrogen (secondary N) is 4. The highest BCUT2D eigenvalue weighted by molar-refractivity contribution is 5.96. The quantitative estimate of drug-likeness (QED) is 0.144. The molecule has 14 nitrogen and oxygen atoms in total. The largest absolute Gasteiger partial charge is 0.480 e. The van der Waals surface area contributed by atoms with Gasteiger partial charge in [0.25, 0.3) is 0 Å². The van der Waals surface area contributed by atoms with E-state index in [9.17, 15) is 34.2 Å². The Bertz CT molecular complexity index is 842. The van der Waals surface area contributed by atoms with Crippen molar-refractivity contribution in [3.8, 4) is 0 Å². The molecule has 33 heavy (non-hydrogen) atoms. The van der Waals surface area contributed by atoms with Crippen LogP contribution in [0.25, 0.3) is 0 Å². The maximum absolute atomic E-state index is 12.9. The number of imidazole rings is 1. The molecule has 1 rings (SSSR count). The zero-order valence-corrected chi connectivity index (χ0v) is 18.6. The average Bonchev–Trinajstić information content (AvgIpc) is 3.22. The first-order valence-corrected chi connectivity index (χ1v) is 10.2. The molecule has 0 spiro atoms. The molecule has 1 heterocycles. The van der Waals surface area contributed by atoms with Crippen LogP contribution in [0, 0.1) is 5.92 Å². The average molecular weight is 469 g/mol. The Labute approximate surface area is 189 Å². The molecule has 4 amide bonds. The zero-order chi connectivity index (χ0) is 25.3. The van der Waals surface area contributed by atoms with E-state index in [1.54, 1.807) is 13.8 Å². The summed E-state index contributed by atoms with van der Waals surface area (Å²) in [5.41, 5.74) is 11.4. The van der Waals surface area contributed by atoms with Crippen molar-refractivity contribution >= 4 is 29.6 Å². The van der Waals surface area contributed by atoms with Crippen LogP contribution in [0.2, 0.25) is 0 Å². The number of aromatic nitrogens is 2. The standard InChI is InChI=1S/C19H31N7O7/c1-8(2)14(21)18(31)25-12(5-13(20)28)16(29)24-11(4-10-6-22-7-23-10)17(30)26-15(9(3)27)19(32)33/h6-9,11-12,14-15,27H,4-5,21H2,1-3H3,(H2,20,28)(H,22,23)(H,24,29)(H,25,31)(H,26,30)(H,32,33)/t9-,11+,12+,14+,15+/m1/s1. The van der Waals surface area contributed by atoms with Crippen molar-refractivity contribution in [2.75, 3.05) is 0 Å². The van der Waals surface area contributed by atoms with Crippen molar-refractivity contribution in [2.24, 2.45) is 17.4 Å². The third-order valence-corrected chi connectivity index (χ3v) is 4.72. The summed E-state index contributed by atoms with van der Waals surface area (Å²) in [6.45, 7) is 4.57. The van der Waals surface area contributed by atoms with Gasteiger partial charge in [0.05, 0.1) is 24.9 Å². The molecule has 1 aromatic rings. The topological polar surface area (TPSA) is 243 Å². The predicted octanol–water partition coefficient (Wildman–Crippen LogP) is -3.27. The van der Waals surface area contributed by atoms with E-state index in [0.717, 1.165) is 0 Å². The normalized spacial score (nSPS) is 15.6. The number of rotatable bonds is 13. The Hall–Kier alpha value is -3.52. The number of hydrogen-bond acceptors (Lipinski definition) is 8. The summed E-state index contributed by atoms with van der Waals surface area (Å²) in [7, 11) is 0. The second kappa shape index (κ2) is 12.5. The molecule has 0 unspecified atom stereocenters. The Balaban J connectivity index is 3.09. The number of primary amides is 1. The lowest BCUT2D eigenvalue weighted by Crippen LogP contribution is -2.59. The number of carbonyl (C=O) groups is 5. The van der Waals surface area contributed by atoms with Crippen molar-refractivity contribution < 1.29 is 34.2 Å². The number of nitrogens with zero attached hydrogens (tertiary/aromatic N) is 1. The van der Waals surface area contributed by atoms with E-state index in [1.807, 2.05) is 0 Å². The molecule has 0 aliphatic heterocycles. The lowest BCUT2D eigenvalue weighted by molar-refractivity contribution is -0.145. The number of aromatic amines is 1. The van der Waals surface area contributed by atoms with Crippen molar-refractivity contribution in [3.63, 3.8) is 0 Å². The first-order chi connectivity index (χ1) is 15.3. The number of aliphatic hydroxyl groups excluding tert-OH is 1. The van der Waals surface area contributed by atoms with Gasteiger partial charge in [-0.05, 0) is 12.8 Å². The number of aliphatic carboxylic acids is 1. The van der Waals surface area contributed by atoms with Crippen LogP contribution in [0.15, 0.2) is 12.5 Å². The van der Waals surface area contributed by atoms with Crippen LogP contribution < -0.4 is 27.4 Å². The summed E-state index contributed by atoms with van der Waals surface area (Å²) in [5.74, 6) is -5.15. The van der Waals surface area contributed by atoms with Crippen LogP contribution in [-0.2, 0) is 30.4 Å². The minimum Gasteiger partial charge on any atom is -0.480 e. The van der Waals surface area contributed by atoms with E-state index >= 15 is 0 Å². The summed E-state index contributed by atoms with van der Waals surface area (Å²) < 4.78 is 0. The molecule has 0 aliphatic carbocycles. The Morgan fingerprint density at radius 1 is 1.03 bits per heavy atom. The van der Waals surface area contributed by atoms with E-state index in [4.69, 9.17) is 11.5 Å². The summed E-state index contributed by atoms with van der Waals surface area (Å²) in [5, 5.41) is 25.7. The van der Waals surface area contributed by atoms with Gasteiger partial charge in [-0.1, -0.05) is 13.8 Å². The molecule has 184 valence electrons. The fraction of sp³-hybridized carbons (Fsp3) is 0.579.